The van der Waals surface area contributed by atoms with Crippen LogP contribution in [0.2, 0.25) is 0 Å². The van der Waals surface area contributed by atoms with Crippen LogP contribution < -0.4 is 9.47 Å². The van der Waals surface area contributed by atoms with Crippen molar-refractivity contribution < 1.29 is 28.2 Å². The fourth-order valence-corrected chi connectivity index (χ4v) is 3.18. The van der Waals surface area contributed by atoms with Gasteiger partial charge in [0.1, 0.15) is 12.2 Å². The first kappa shape index (κ1) is 15.8. The number of likely N-dealkylation sites (tertiary alicyclic amines) is 1. The first-order valence-electron chi connectivity index (χ1n) is 7.74. The molecule has 3 heterocycles. The van der Waals surface area contributed by atoms with Gasteiger partial charge >= 0.3 is 5.97 Å². The summed E-state index contributed by atoms with van der Waals surface area (Å²) in [4.78, 5) is 17.3. The maximum Gasteiger partial charge on any atom is 0.337 e. The van der Waals surface area contributed by atoms with Crippen LogP contribution in [0.25, 0.3) is 0 Å². The van der Waals surface area contributed by atoms with Crippen LogP contribution in [0, 0.1) is 11.6 Å². The lowest BCUT2D eigenvalue weighted by Crippen LogP contribution is -2.39. The Bertz CT molecular complexity index is 806. The third-order valence-electron chi connectivity index (χ3n) is 4.34. The molecule has 1 N–H and O–H groups in total. The lowest BCUT2D eigenvalue weighted by atomic mass is 10.2. The predicted octanol–water partition coefficient (Wildman–Crippen LogP) is 2.08. The van der Waals surface area contributed by atoms with E-state index < -0.39 is 29.8 Å². The number of carboxylic acids is 1. The molecule has 130 valence electrons. The minimum absolute atomic E-state index is 0.125. The zero-order chi connectivity index (χ0) is 17.6. The molecule has 2 atom stereocenters. The number of nitrogens with zero attached hydrogens (tertiary/aromatic N) is 2. The van der Waals surface area contributed by atoms with Gasteiger partial charge < -0.3 is 14.6 Å². The Morgan fingerprint density at radius 2 is 1.76 bits per heavy atom. The largest absolute Gasteiger partial charge is 0.478 e. The Hall–Kier alpha value is -2.74. The summed E-state index contributed by atoms with van der Waals surface area (Å²) in [6.45, 7) is 1.08. The standard InChI is InChI=1S/C17H14F2N2O4/c18-10-3-4-11(19)16-15(10)24-13-7-21(8-14(13)25-16)6-12-9(17(22)23)2-1-5-20-12/h1-5,13-14H,6-8H2,(H,22,23)/t13-,14+. The SMILES string of the molecule is O=C(O)c1cccnc1CN1C[C@@H]2Oc3c(F)ccc(F)c3O[C@@H]2C1. The fourth-order valence-electron chi connectivity index (χ4n) is 3.18. The summed E-state index contributed by atoms with van der Waals surface area (Å²) in [6.07, 6.45) is 0.611. The highest BCUT2D eigenvalue weighted by atomic mass is 19.1. The van der Waals surface area contributed by atoms with E-state index in [1.807, 2.05) is 4.90 Å². The van der Waals surface area contributed by atoms with Crippen molar-refractivity contribution in [1.82, 2.24) is 9.88 Å². The molecule has 0 saturated carbocycles. The lowest BCUT2D eigenvalue weighted by molar-refractivity contribution is 0.0467. The Labute approximate surface area is 141 Å². The summed E-state index contributed by atoms with van der Waals surface area (Å²) in [7, 11) is 0. The highest BCUT2D eigenvalue weighted by Crippen LogP contribution is 2.40. The minimum Gasteiger partial charge on any atom is -0.478 e. The van der Waals surface area contributed by atoms with Crippen LogP contribution in [0.3, 0.4) is 0 Å². The lowest BCUT2D eigenvalue weighted by Gasteiger charge is -2.28. The van der Waals surface area contributed by atoms with Crippen LogP contribution in [0.1, 0.15) is 16.1 Å². The van der Waals surface area contributed by atoms with Crippen LogP contribution in [0.4, 0.5) is 8.78 Å². The molecule has 2 aliphatic heterocycles. The van der Waals surface area contributed by atoms with Gasteiger partial charge in [0.2, 0.25) is 11.5 Å². The number of aromatic nitrogens is 1. The van der Waals surface area contributed by atoms with Gasteiger partial charge in [-0.2, -0.15) is 0 Å². The fraction of sp³-hybridized carbons (Fsp3) is 0.294. The number of pyridine rings is 1. The Kier molecular flexibility index (Phi) is 3.76. The second-order valence-electron chi connectivity index (χ2n) is 6.00. The molecule has 0 unspecified atom stereocenters. The summed E-state index contributed by atoms with van der Waals surface area (Å²) in [6, 6.07) is 5.04. The zero-order valence-corrected chi connectivity index (χ0v) is 13.0. The number of carbonyl (C=O) groups is 1. The molecule has 2 aliphatic rings. The number of hydrogen-bond donors (Lipinski definition) is 1. The molecule has 6 nitrogen and oxygen atoms in total. The van der Waals surface area contributed by atoms with Gasteiger partial charge in [0.05, 0.1) is 11.3 Å². The highest BCUT2D eigenvalue weighted by molar-refractivity contribution is 5.88. The van der Waals surface area contributed by atoms with Crippen molar-refractivity contribution in [3.63, 3.8) is 0 Å². The maximum absolute atomic E-state index is 13.8. The van der Waals surface area contributed by atoms with Gasteiger partial charge in [0.25, 0.3) is 0 Å². The van der Waals surface area contributed by atoms with Crippen molar-refractivity contribution in [2.75, 3.05) is 13.1 Å². The van der Waals surface area contributed by atoms with Crippen molar-refractivity contribution in [1.29, 1.82) is 0 Å². The van der Waals surface area contributed by atoms with E-state index >= 15 is 0 Å². The first-order chi connectivity index (χ1) is 12.0. The highest BCUT2D eigenvalue weighted by Gasteiger charge is 2.42. The summed E-state index contributed by atoms with van der Waals surface area (Å²) in [5, 5.41) is 9.23. The van der Waals surface area contributed by atoms with Crippen molar-refractivity contribution in [3.8, 4) is 11.5 Å². The zero-order valence-electron chi connectivity index (χ0n) is 13.0. The normalized spacial score (nSPS) is 21.8. The van der Waals surface area contributed by atoms with Crippen molar-refractivity contribution in [2.45, 2.75) is 18.8 Å². The van der Waals surface area contributed by atoms with Crippen molar-refractivity contribution >= 4 is 5.97 Å². The molecule has 25 heavy (non-hydrogen) atoms. The quantitative estimate of drug-likeness (QED) is 0.916. The molecule has 0 bridgehead atoms. The average Bonchev–Trinajstić information content (AvgIpc) is 2.98. The Morgan fingerprint density at radius 3 is 2.32 bits per heavy atom. The molecule has 8 heteroatoms. The molecule has 0 amide bonds. The smallest absolute Gasteiger partial charge is 0.337 e. The molecule has 1 aromatic heterocycles. The van der Waals surface area contributed by atoms with E-state index in [2.05, 4.69) is 4.98 Å². The summed E-state index contributed by atoms with van der Waals surface area (Å²) < 4.78 is 38.9. The summed E-state index contributed by atoms with van der Waals surface area (Å²) in [5.74, 6) is -2.83. The molecule has 0 radical (unpaired) electrons. The van der Waals surface area contributed by atoms with E-state index in [1.54, 1.807) is 6.07 Å². The van der Waals surface area contributed by atoms with Crippen molar-refractivity contribution in [2.24, 2.45) is 0 Å². The van der Waals surface area contributed by atoms with Crippen LogP contribution in [-0.2, 0) is 6.54 Å². The van der Waals surface area contributed by atoms with E-state index in [9.17, 15) is 18.7 Å². The van der Waals surface area contributed by atoms with Crippen LogP contribution >= 0.6 is 0 Å². The third-order valence-corrected chi connectivity index (χ3v) is 4.34. The molecule has 4 rings (SSSR count). The number of ether oxygens (including phenoxy) is 2. The minimum atomic E-state index is -1.05. The van der Waals surface area contributed by atoms with Gasteiger partial charge in [0.15, 0.2) is 11.6 Å². The molecular weight excluding hydrogens is 334 g/mol. The number of aromatic carboxylic acids is 1. The van der Waals surface area contributed by atoms with E-state index in [0.29, 0.717) is 18.8 Å². The third kappa shape index (κ3) is 2.78. The molecule has 1 aromatic carbocycles. The molecular formula is C17H14F2N2O4. The Balaban J connectivity index is 1.53. The average molecular weight is 348 g/mol. The van der Waals surface area contributed by atoms with E-state index in [-0.39, 0.29) is 23.6 Å². The van der Waals surface area contributed by atoms with E-state index in [0.717, 1.165) is 12.1 Å². The molecule has 0 aliphatic carbocycles. The molecule has 1 saturated heterocycles. The number of benzene rings is 1. The monoisotopic (exact) mass is 348 g/mol. The number of halogens is 2. The van der Waals surface area contributed by atoms with Gasteiger partial charge in [-0.3, -0.25) is 9.88 Å². The van der Waals surface area contributed by atoms with Crippen molar-refractivity contribution in [3.05, 3.63) is 53.4 Å². The van der Waals surface area contributed by atoms with Crippen LogP contribution in [0.5, 0.6) is 11.5 Å². The Morgan fingerprint density at radius 1 is 1.16 bits per heavy atom. The molecule has 2 aromatic rings. The van der Waals surface area contributed by atoms with Crippen LogP contribution in [-0.4, -0.2) is 46.3 Å². The second kappa shape index (κ2) is 5.96. The number of hydrogen-bond acceptors (Lipinski definition) is 5. The summed E-state index contributed by atoms with van der Waals surface area (Å²) in [5.41, 5.74) is 0.545. The van der Waals surface area contributed by atoms with Gasteiger partial charge in [0, 0.05) is 25.8 Å². The second-order valence-corrected chi connectivity index (χ2v) is 6.00. The number of fused-ring (bicyclic) bond motifs is 2. The van der Waals surface area contributed by atoms with Crippen LogP contribution in [0.15, 0.2) is 30.5 Å². The number of rotatable bonds is 3. The van der Waals surface area contributed by atoms with Gasteiger partial charge in [-0.1, -0.05) is 0 Å². The van der Waals surface area contributed by atoms with Gasteiger partial charge in [-0.15, -0.1) is 0 Å². The van der Waals surface area contributed by atoms with Gasteiger partial charge in [-0.25, -0.2) is 13.6 Å². The van der Waals surface area contributed by atoms with E-state index in [1.165, 1.54) is 12.3 Å². The van der Waals surface area contributed by atoms with Gasteiger partial charge in [-0.05, 0) is 24.3 Å². The maximum atomic E-state index is 13.8. The van der Waals surface area contributed by atoms with E-state index in [4.69, 9.17) is 9.47 Å². The topological polar surface area (TPSA) is 71.9 Å². The summed E-state index contributed by atoms with van der Waals surface area (Å²) >= 11 is 0. The molecule has 0 spiro atoms. The molecule has 1 fully saturated rings. The predicted molar refractivity (Wildman–Crippen MR) is 81.7 cm³/mol. The first-order valence-corrected chi connectivity index (χ1v) is 7.74. The number of carboxylic acid groups (broad SMARTS) is 1.